The van der Waals surface area contributed by atoms with Crippen LogP contribution in [0.3, 0.4) is 0 Å². The lowest BCUT2D eigenvalue weighted by Gasteiger charge is -2.41. The highest BCUT2D eigenvalue weighted by molar-refractivity contribution is 7.17. The lowest BCUT2D eigenvalue weighted by Crippen LogP contribution is -2.47. The Bertz CT molecular complexity index is 1080. The van der Waals surface area contributed by atoms with E-state index >= 15 is 0 Å². The van der Waals surface area contributed by atoms with Crippen LogP contribution in [0.15, 0.2) is 36.4 Å². The number of carbonyl (C=O) groups excluding carboxylic acids is 2. The molecule has 1 fully saturated rings. The number of benzene rings is 1. The third-order valence-electron chi connectivity index (χ3n) is 6.70. The topological polar surface area (TPSA) is 92.7 Å². The van der Waals surface area contributed by atoms with Gasteiger partial charge in [0.1, 0.15) is 10.6 Å². The summed E-state index contributed by atoms with van der Waals surface area (Å²) in [6.07, 6.45) is 6.40. The van der Waals surface area contributed by atoms with Gasteiger partial charge in [-0.05, 0) is 49.1 Å². The van der Waals surface area contributed by atoms with Crippen LogP contribution >= 0.6 is 11.3 Å². The quantitative estimate of drug-likeness (QED) is 0.478. The number of aryl methyl sites for hydroxylation is 2. The first-order valence-electron chi connectivity index (χ1n) is 10.9. The molecule has 2 N–H and O–H groups in total. The van der Waals surface area contributed by atoms with Crippen LogP contribution in [0.1, 0.15) is 40.6 Å². The number of esters is 1. The number of nitrogens with one attached hydrogen (secondary N) is 1. The van der Waals surface area contributed by atoms with Crippen molar-refractivity contribution in [1.82, 2.24) is 0 Å². The highest BCUT2D eigenvalue weighted by atomic mass is 32.1. The fraction of sp³-hybridized carbons (Fsp3) is 0.400. The molecular formula is C25H27NO5S. The van der Waals surface area contributed by atoms with E-state index in [0.29, 0.717) is 10.6 Å². The molecule has 32 heavy (non-hydrogen) atoms. The number of carbonyl (C=O) groups is 3. The van der Waals surface area contributed by atoms with Crippen LogP contribution in [0.2, 0.25) is 0 Å². The van der Waals surface area contributed by atoms with E-state index in [4.69, 9.17) is 4.74 Å². The first-order chi connectivity index (χ1) is 15.3. The highest BCUT2D eigenvalue weighted by Gasteiger charge is 2.48. The molecule has 1 amide bonds. The number of rotatable bonds is 6. The Morgan fingerprint density at radius 1 is 1.09 bits per heavy atom. The second-order valence-electron chi connectivity index (χ2n) is 8.45. The highest BCUT2D eigenvalue weighted by Crippen LogP contribution is 2.46. The molecular weight excluding hydrogens is 426 g/mol. The zero-order valence-electron chi connectivity index (χ0n) is 18.4. The van der Waals surface area contributed by atoms with Crippen LogP contribution in [0, 0.1) is 30.6 Å². The van der Waals surface area contributed by atoms with Gasteiger partial charge in [0, 0.05) is 10.4 Å². The Hall–Kier alpha value is -2.93. The maximum atomic E-state index is 13.3. The van der Waals surface area contributed by atoms with E-state index in [2.05, 4.69) is 12.2 Å². The number of aliphatic carboxylic acids is 1. The Balaban J connectivity index is 1.71. The summed E-state index contributed by atoms with van der Waals surface area (Å²) in [6.45, 7) is 3.98. The zero-order chi connectivity index (χ0) is 23.0. The standard InChI is InChI=1S/C25H27NO5S/c1-4-14-5-7-15(8-6-14)18-13(2)32-23(21(18)25(30)31-3)26-22(27)19-16-9-11-17(12-10-16)20(19)24(28)29/h5-9,11,16-17,19-20H,4,10,12H2,1-3H3,(H,26,27)(H,28,29). The molecule has 4 unspecified atom stereocenters. The smallest absolute Gasteiger partial charge is 0.341 e. The number of hydrogen-bond acceptors (Lipinski definition) is 5. The van der Waals surface area contributed by atoms with Gasteiger partial charge in [-0.25, -0.2) is 4.79 Å². The molecule has 4 atom stereocenters. The summed E-state index contributed by atoms with van der Waals surface area (Å²) >= 11 is 1.31. The monoisotopic (exact) mass is 453 g/mol. The number of carboxylic acids is 1. The summed E-state index contributed by atoms with van der Waals surface area (Å²) in [5.41, 5.74) is 3.12. The van der Waals surface area contributed by atoms with Gasteiger partial charge in [0.25, 0.3) is 0 Å². The lowest BCUT2D eigenvalue weighted by molar-refractivity contribution is -0.151. The predicted molar refractivity (Wildman–Crippen MR) is 124 cm³/mol. The summed E-state index contributed by atoms with van der Waals surface area (Å²) in [5.74, 6) is -3.47. The van der Waals surface area contributed by atoms with Crippen molar-refractivity contribution in [3.63, 3.8) is 0 Å². The summed E-state index contributed by atoms with van der Waals surface area (Å²) < 4.78 is 5.04. The Labute approximate surface area is 191 Å². The average Bonchev–Trinajstić information content (AvgIpc) is 3.13. The number of thiophene rings is 1. The first-order valence-corrected chi connectivity index (χ1v) is 11.7. The normalized spacial score (nSPS) is 23.7. The van der Waals surface area contributed by atoms with Crippen molar-refractivity contribution in [3.8, 4) is 11.1 Å². The Kier molecular flexibility index (Phi) is 6.20. The molecule has 3 aliphatic carbocycles. The van der Waals surface area contributed by atoms with Gasteiger partial charge < -0.3 is 15.2 Å². The molecule has 1 heterocycles. The van der Waals surface area contributed by atoms with E-state index in [-0.39, 0.29) is 17.7 Å². The van der Waals surface area contributed by atoms with Gasteiger partial charge in [-0.3, -0.25) is 9.59 Å². The molecule has 1 aromatic carbocycles. The molecule has 0 saturated heterocycles. The molecule has 1 saturated carbocycles. The minimum atomic E-state index is -0.948. The van der Waals surface area contributed by atoms with E-state index in [1.165, 1.54) is 24.0 Å². The number of fused-ring (bicyclic) bond motifs is 2. The largest absolute Gasteiger partial charge is 0.481 e. The Morgan fingerprint density at radius 3 is 2.25 bits per heavy atom. The molecule has 2 bridgehead atoms. The number of methoxy groups -OCH3 is 1. The number of ether oxygens (including phenoxy) is 1. The number of amides is 1. The molecule has 0 spiro atoms. The lowest BCUT2D eigenvalue weighted by atomic mass is 9.62. The van der Waals surface area contributed by atoms with Crippen LogP contribution < -0.4 is 5.32 Å². The van der Waals surface area contributed by atoms with Crippen LogP contribution in [0.4, 0.5) is 5.00 Å². The fourth-order valence-electron chi connectivity index (χ4n) is 5.07. The number of anilines is 1. The first kappa shape index (κ1) is 22.3. The van der Waals surface area contributed by atoms with Crippen molar-refractivity contribution in [1.29, 1.82) is 0 Å². The van der Waals surface area contributed by atoms with Crippen molar-refractivity contribution < 1.29 is 24.2 Å². The number of carboxylic acid groups (broad SMARTS) is 1. The van der Waals surface area contributed by atoms with Crippen molar-refractivity contribution in [2.24, 2.45) is 23.7 Å². The van der Waals surface area contributed by atoms with Crippen molar-refractivity contribution >= 4 is 34.2 Å². The van der Waals surface area contributed by atoms with Gasteiger partial charge in [0.05, 0.1) is 18.9 Å². The van der Waals surface area contributed by atoms with Gasteiger partial charge in [0.2, 0.25) is 5.91 Å². The second-order valence-corrected chi connectivity index (χ2v) is 9.67. The summed E-state index contributed by atoms with van der Waals surface area (Å²) in [5, 5.41) is 13.1. The van der Waals surface area contributed by atoms with Crippen LogP contribution in [0.25, 0.3) is 11.1 Å². The minimum Gasteiger partial charge on any atom is -0.481 e. The molecule has 1 aromatic heterocycles. The molecule has 3 aliphatic rings. The van der Waals surface area contributed by atoms with Gasteiger partial charge in [0.15, 0.2) is 0 Å². The van der Waals surface area contributed by atoms with Crippen LogP contribution in [-0.2, 0) is 20.7 Å². The number of allylic oxidation sites excluding steroid dienone is 2. The van der Waals surface area contributed by atoms with E-state index in [1.54, 1.807) is 0 Å². The summed E-state index contributed by atoms with van der Waals surface area (Å²) in [7, 11) is 1.32. The van der Waals surface area contributed by atoms with Gasteiger partial charge in [-0.2, -0.15) is 0 Å². The predicted octanol–water partition coefficient (Wildman–Crippen LogP) is 4.92. The van der Waals surface area contributed by atoms with Crippen molar-refractivity contribution in [2.75, 3.05) is 12.4 Å². The maximum Gasteiger partial charge on any atom is 0.341 e. The van der Waals surface area contributed by atoms with Gasteiger partial charge >= 0.3 is 11.9 Å². The SMILES string of the molecule is CCc1ccc(-c2c(C)sc(NC(=O)C3C4C=CC(CC4)C3C(=O)O)c2C(=O)OC)cc1. The Morgan fingerprint density at radius 2 is 1.72 bits per heavy atom. The zero-order valence-corrected chi connectivity index (χ0v) is 19.2. The molecule has 2 aromatic rings. The second kappa shape index (κ2) is 8.90. The summed E-state index contributed by atoms with van der Waals surface area (Å²) in [6, 6.07) is 7.98. The van der Waals surface area contributed by atoms with E-state index in [9.17, 15) is 19.5 Å². The van der Waals surface area contributed by atoms with Crippen molar-refractivity contribution in [3.05, 3.63) is 52.4 Å². The molecule has 168 valence electrons. The summed E-state index contributed by atoms with van der Waals surface area (Å²) in [4.78, 5) is 38.9. The van der Waals surface area contributed by atoms with E-state index < -0.39 is 23.8 Å². The van der Waals surface area contributed by atoms with Crippen LogP contribution in [-0.4, -0.2) is 30.1 Å². The minimum absolute atomic E-state index is 0.107. The third-order valence-corrected chi connectivity index (χ3v) is 7.72. The third kappa shape index (κ3) is 3.86. The van der Waals surface area contributed by atoms with Crippen molar-refractivity contribution in [2.45, 2.75) is 33.1 Å². The fourth-order valence-corrected chi connectivity index (χ4v) is 6.13. The molecule has 7 heteroatoms. The maximum absolute atomic E-state index is 13.3. The van der Waals surface area contributed by atoms with E-state index in [0.717, 1.165) is 35.3 Å². The van der Waals surface area contributed by atoms with E-state index in [1.807, 2.05) is 43.3 Å². The van der Waals surface area contributed by atoms with Gasteiger partial charge in [-0.1, -0.05) is 43.3 Å². The molecule has 0 radical (unpaired) electrons. The van der Waals surface area contributed by atoms with Gasteiger partial charge in [-0.15, -0.1) is 11.3 Å². The molecule has 0 aliphatic heterocycles. The number of hydrogen-bond donors (Lipinski definition) is 2. The average molecular weight is 454 g/mol. The molecule has 6 nitrogen and oxygen atoms in total. The molecule has 5 rings (SSSR count). The van der Waals surface area contributed by atoms with Crippen LogP contribution in [0.5, 0.6) is 0 Å².